The van der Waals surface area contributed by atoms with Gasteiger partial charge in [-0.15, -0.1) is 0 Å². The van der Waals surface area contributed by atoms with E-state index >= 15 is 0 Å². The van der Waals surface area contributed by atoms with Gasteiger partial charge in [-0.3, -0.25) is 0 Å². The van der Waals surface area contributed by atoms with E-state index in [1.165, 1.54) is 0 Å². The molecule has 0 aromatic carbocycles. The minimum absolute atomic E-state index is 0.212. The molecule has 1 aromatic rings. The number of aromatic nitrogens is 1. The van der Waals surface area contributed by atoms with Crippen molar-refractivity contribution < 1.29 is 27.8 Å². The molecule has 0 saturated carbocycles. The largest absolute Gasteiger partial charge is 0.494 e. The number of carboxylic acids is 1. The van der Waals surface area contributed by atoms with Crippen molar-refractivity contribution in [2.24, 2.45) is 0 Å². The molecule has 82 valence electrons. The van der Waals surface area contributed by atoms with Crippen LogP contribution in [0.1, 0.15) is 16.2 Å². The number of alkyl halides is 3. The van der Waals surface area contributed by atoms with Gasteiger partial charge in [-0.2, -0.15) is 13.2 Å². The number of rotatable bonds is 2. The molecule has 1 rings (SSSR count). The fraction of sp³-hybridized carbons (Fsp3) is 0.250. The second kappa shape index (κ2) is 3.76. The molecule has 0 saturated heterocycles. The van der Waals surface area contributed by atoms with Gasteiger partial charge in [0.05, 0.1) is 7.11 Å². The van der Waals surface area contributed by atoms with E-state index in [4.69, 9.17) is 5.11 Å². The lowest BCUT2D eigenvalue weighted by Gasteiger charge is -2.08. The third kappa shape index (κ3) is 2.36. The maximum atomic E-state index is 12.2. The van der Waals surface area contributed by atoms with Crippen LogP contribution in [0.3, 0.4) is 0 Å². The molecule has 0 unspecified atom stereocenters. The van der Waals surface area contributed by atoms with E-state index in [1.807, 2.05) is 0 Å². The van der Waals surface area contributed by atoms with Crippen LogP contribution >= 0.6 is 0 Å². The van der Waals surface area contributed by atoms with Crippen LogP contribution in [0, 0.1) is 0 Å². The Bertz CT molecular complexity index is 389. The number of carbonyl (C=O) groups is 1. The molecule has 1 heterocycles. The van der Waals surface area contributed by atoms with Crippen LogP contribution in [0.25, 0.3) is 0 Å². The number of aromatic carboxylic acids is 1. The van der Waals surface area contributed by atoms with E-state index in [2.05, 4.69) is 9.72 Å². The first kappa shape index (κ1) is 11.3. The Labute approximate surface area is 82.3 Å². The smallest absolute Gasteiger partial charge is 0.433 e. The molecule has 0 bridgehead atoms. The van der Waals surface area contributed by atoms with Crippen molar-refractivity contribution in [1.29, 1.82) is 0 Å². The van der Waals surface area contributed by atoms with Crippen LogP contribution in [-0.4, -0.2) is 23.2 Å². The first-order valence-electron chi connectivity index (χ1n) is 3.71. The Hall–Kier alpha value is -1.79. The zero-order valence-corrected chi connectivity index (χ0v) is 7.50. The summed E-state index contributed by atoms with van der Waals surface area (Å²) in [4.78, 5) is 13.5. The highest BCUT2D eigenvalue weighted by Gasteiger charge is 2.33. The highest BCUT2D eigenvalue weighted by atomic mass is 19.4. The van der Waals surface area contributed by atoms with Crippen molar-refractivity contribution in [2.45, 2.75) is 6.18 Å². The first-order valence-corrected chi connectivity index (χ1v) is 3.71. The second-order valence-electron chi connectivity index (χ2n) is 2.55. The van der Waals surface area contributed by atoms with Crippen molar-refractivity contribution >= 4 is 5.97 Å². The van der Waals surface area contributed by atoms with Gasteiger partial charge >= 0.3 is 12.1 Å². The van der Waals surface area contributed by atoms with E-state index in [1.54, 1.807) is 0 Å². The van der Waals surface area contributed by atoms with Gasteiger partial charge in [-0.1, -0.05) is 0 Å². The summed E-state index contributed by atoms with van der Waals surface area (Å²) in [5.41, 5.74) is -2.02. The summed E-state index contributed by atoms with van der Waals surface area (Å²) in [6.07, 6.45) is -4.67. The van der Waals surface area contributed by atoms with Gasteiger partial charge < -0.3 is 9.84 Å². The van der Waals surface area contributed by atoms with Crippen LogP contribution < -0.4 is 4.74 Å². The Kier molecular flexibility index (Phi) is 2.83. The van der Waals surface area contributed by atoms with E-state index in [0.29, 0.717) is 6.07 Å². The average molecular weight is 221 g/mol. The Morgan fingerprint density at radius 3 is 2.47 bits per heavy atom. The number of hydrogen-bond acceptors (Lipinski definition) is 3. The quantitative estimate of drug-likeness (QED) is 0.827. The highest BCUT2D eigenvalue weighted by Crippen LogP contribution is 2.29. The normalized spacial score (nSPS) is 11.2. The third-order valence-electron chi connectivity index (χ3n) is 1.57. The van der Waals surface area contributed by atoms with Crippen LogP contribution in [0.4, 0.5) is 13.2 Å². The Balaban J connectivity index is 3.28. The van der Waals surface area contributed by atoms with Gasteiger partial charge in [0, 0.05) is 0 Å². The first-order chi connectivity index (χ1) is 6.86. The van der Waals surface area contributed by atoms with Crippen molar-refractivity contribution in [3.63, 3.8) is 0 Å². The molecule has 15 heavy (non-hydrogen) atoms. The van der Waals surface area contributed by atoms with Crippen molar-refractivity contribution in [3.8, 4) is 5.75 Å². The zero-order valence-electron chi connectivity index (χ0n) is 7.50. The number of hydrogen-bond donors (Lipinski definition) is 1. The predicted molar refractivity (Wildman–Crippen MR) is 42.8 cm³/mol. The molecule has 1 N–H and O–H groups in total. The fourth-order valence-electron chi connectivity index (χ4n) is 0.922. The number of methoxy groups -OCH3 is 1. The number of halogens is 3. The molecule has 0 atom stereocenters. The summed E-state index contributed by atoms with van der Waals surface area (Å²) in [6, 6.07) is 1.57. The molecule has 0 aliphatic carbocycles. The van der Waals surface area contributed by atoms with Gasteiger partial charge in [0.15, 0.2) is 11.4 Å². The molecule has 7 heteroatoms. The lowest BCUT2D eigenvalue weighted by molar-refractivity contribution is -0.141. The summed E-state index contributed by atoms with van der Waals surface area (Å²) < 4.78 is 41.1. The fourth-order valence-corrected chi connectivity index (χ4v) is 0.922. The summed E-state index contributed by atoms with van der Waals surface area (Å²) in [5.74, 6) is -1.78. The van der Waals surface area contributed by atoms with Gasteiger partial charge in [0.1, 0.15) is 5.69 Å². The highest BCUT2D eigenvalue weighted by molar-refractivity contribution is 5.88. The SMILES string of the molecule is COc1ccc(C(F)(F)F)nc1C(=O)O. The Morgan fingerprint density at radius 2 is 2.07 bits per heavy atom. The maximum Gasteiger partial charge on any atom is 0.433 e. The van der Waals surface area contributed by atoms with Crippen molar-refractivity contribution in [3.05, 3.63) is 23.5 Å². The lowest BCUT2D eigenvalue weighted by atomic mass is 10.2. The topological polar surface area (TPSA) is 59.4 Å². The minimum Gasteiger partial charge on any atom is -0.494 e. The summed E-state index contributed by atoms with van der Waals surface area (Å²) in [6.45, 7) is 0. The maximum absolute atomic E-state index is 12.2. The molecule has 4 nitrogen and oxygen atoms in total. The van der Waals surface area contributed by atoms with Crippen LogP contribution in [0.15, 0.2) is 12.1 Å². The molecule has 0 aliphatic rings. The van der Waals surface area contributed by atoms with Crippen LogP contribution in [0.2, 0.25) is 0 Å². The molecular formula is C8H6F3NO3. The summed E-state index contributed by atoms with van der Waals surface area (Å²) in [5, 5.41) is 8.58. The Morgan fingerprint density at radius 1 is 1.47 bits per heavy atom. The standard InChI is InChI=1S/C8H6F3NO3/c1-15-4-2-3-5(8(9,10)11)12-6(4)7(13)14/h2-3H,1H3,(H,13,14). The summed E-state index contributed by atoms with van der Waals surface area (Å²) >= 11 is 0. The second-order valence-corrected chi connectivity index (χ2v) is 2.55. The number of nitrogens with zero attached hydrogens (tertiary/aromatic N) is 1. The number of pyridine rings is 1. The molecular weight excluding hydrogens is 215 g/mol. The van der Waals surface area contributed by atoms with E-state index in [9.17, 15) is 18.0 Å². The average Bonchev–Trinajstić information content (AvgIpc) is 2.15. The van der Waals surface area contributed by atoms with Gasteiger partial charge in [0.25, 0.3) is 0 Å². The molecule has 0 amide bonds. The number of carboxylic acid groups (broad SMARTS) is 1. The van der Waals surface area contributed by atoms with E-state index < -0.39 is 23.5 Å². The lowest BCUT2D eigenvalue weighted by Crippen LogP contribution is -2.12. The molecule has 0 fully saturated rings. The van der Waals surface area contributed by atoms with Crippen molar-refractivity contribution in [2.75, 3.05) is 7.11 Å². The van der Waals surface area contributed by atoms with Crippen molar-refractivity contribution in [1.82, 2.24) is 4.98 Å². The summed E-state index contributed by atoms with van der Waals surface area (Å²) in [7, 11) is 1.15. The van der Waals surface area contributed by atoms with Crippen LogP contribution in [0.5, 0.6) is 5.75 Å². The third-order valence-corrected chi connectivity index (χ3v) is 1.57. The molecule has 0 spiro atoms. The van der Waals surface area contributed by atoms with Crippen LogP contribution in [-0.2, 0) is 6.18 Å². The van der Waals surface area contributed by atoms with Gasteiger partial charge in [-0.05, 0) is 12.1 Å². The van der Waals surface area contributed by atoms with E-state index in [0.717, 1.165) is 13.2 Å². The number of ether oxygens (including phenoxy) is 1. The zero-order chi connectivity index (χ0) is 11.6. The monoisotopic (exact) mass is 221 g/mol. The predicted octanol–water partition coefficient (Wildman–Crippen LogP) is 1.81. The van der Waals surface area contributed by atoms with Gasteiger partial charge in [0.2, 0.25) is 0 Å². The minimum atomic E-state index is -4.67. The molecule has 0 aliphatic heterocycles. The molecule has 0 radical (unpaired) electrons. The molecule has 1 aromatic heterocycles. The van der Waals surface area contributed by atoms with E-state index in [-0.39, 0.29) is 5.75 Å². The van der Waals surface area contributed by atoms with Gasteiger partial charge in [-0.25, -0.2) is 9.78 Å².